The number of hydrogen-bond acceptors (Lipinski definition) is 4. The van der Waals surface area contributed by atoms with Gasteiger partial charge in [0.05, 0.1) is 6.61 Å². The van der Waals surface area contributed by atoms with Crippen molar-refractivity contribution in [1.82, 2.24) is 20.1 Å². The molecule has 0 radical (unpaired) electrons. The molecule has 1 amide bonds. The summed E-state index contributed by atoms with van der Waals surface area (Å²) in [5.41, 5.74) is 2.25. The molecule has 2 aromatic rings. The summed E-state index contributed by atoms with van der Waals surface area (Å²) in [6, 6.07) is 6.05. The van der Waals surface area contributed by atoms with Gasteiger partial charge in [0.25, 0.3) is 0 Å². The van der Waals surface area contributed by atoms with Crippen LogP contribution in [0.5, 0.6) is 5.75 Å². The molecular formula is C17H18N4O2. The van der Waals surface area contributed by atoms with Crippen molar-refractivity contribution in [2.24, 2.45) is 0 Å². The molecule has 1 aromatic carbocycles. The van der Waals surface area contributed by atoms with Crippen LogP contribution in [0, 0.1) is 0 Å². The summed E-state index contributed by atoms with van der Waals surface area (Å²) in [4.78, 5) is 18.4. The number of amides is 1. The highest BCUT2D eigenvalue weighted by molar-refractivity contribution is 5.92. The van der Waals surface area contributed by atoms with Crippen molar-refractivity contribution < 1.29 is 9.53 Å². The highest BCUT2D eigenvalue weighted by atomic mass is 16.5. The number of hydrogen-bond donors (Lipinski definition) is 1. The lowest BCUT2D eigenvalue weighted by molar-refractivity contribution is -0.124. The zero-order chi connectivity index (χ0) is 15.6. The molecule has 1 unspecified atom stereocenters. The normalized spacial score (nSPS) is 20.0. The lowest BCUT2D eigenvalue weighted by Crippen LogP contribution is -2.26. The lowest BCUT2D eigenvalue weighted by Gasteiger charge is -2.13. The van der Waals surface area contributed by atoms with Gasteiger partial charge in [0, 0.05) is 31.5 Å². The minimum atomic E-state index is 0.0452. The van der Waals surface area contributed by atoms with Crippen LogP contribution in [0.2, 0.25) is 0 Å². The second-order valence-corrected chi connectivity index (χ2v) is 5.94. The second-order valence-electron chi connectivity index (χ2n) is 5.94. The van der Waals surface area contributed by atoms with Gasteiger partial charge >= 0.3 is 0 Å². The Bertz CT molecular complexity index is 739. The van der Waals surface area contributed by atoms with E-state index in [4.69, 9.17) is 4.74 Å². The fourth-order valence-corrected chi connectivity index (χ4v) is 3.18. The van der Waals surface area contributed by atoms with Crippen molar-refractivity contribution in [3.8, 4) is 5.75 Å². The van der Waals surface area contributed by atoms with E-state index in [1.54, 1.807) is 6.08 Å². The molecule has 2 aliphatic heterocycles. The Kier molecular flexibility index (Phi) is 3.57. The van der Waals surface area contributed by atoms with Crippen LogP contribution in [0.25, 0.3) is 6.08 Å². The number of nitrogens with zero attached hydrogens (tertiary/aromatic N) is 3. The Morgan fingerprint density at radius 3 is 3.26 bits per heavy atom. The van der Waals surface area contributed by atoms with Crippen LogP contribution in [0.4, 0.5) is 0 Å². The molecule has 2 aliphatic rings. The zero-order valence-electron chi connectivity index (χ0n) is 12.7. The molecule has 23 heavy (non-hydrogen) atoms. The number of fused-ring (bicyclic) bond motifs is 1. The summed E-state index contributed by atoms with van der Waals surface area (Å²) in [7, 11) is 0. The van der Waals surface area contributed by atoms with Crippen LogP contribution in [-0.2, 0) is 11.2 Å². The van der Waals surface area contributed by atoms with Gasteiger partial charge < -0.3 is 9.64 Å². The molecule has 1 saturated heterocycles. The highest BCUT2D eigenvalue weighted by Crippen LogP contribution is 2.27. The predicted molar refractivity (Wildman–Crippen MR) is 85.0 cm³/mol. The number of ether oxygens (including phenoxy) is 1. The number of carbonyl (C=O) groups excluding carboxylic acids is 1. The van der Waals surface area contributed by atoms with Gasteiger partial charge in [-0.05, 0) is 35.8 Å². The Labute approximate surface area is 134 Å². The quantitative estimate of drug-likeness (QED) is 0.877. The minimum absolute atomic E-state index is 0.0452. The molecular weight excluding hydrogens is 292 g/mol. The molecule has 0 bridgehead atoms. The third kappa shape index (κ3) is 2.84. The summed E-state index contributed by atoms with van der Waals surface area (Å²) in [6.45, 7) is 2.20. The summed E-state index contributed by atoms with van der Waals surface area (Å²) in [5.74, 6) is 2.13. The third-order valence-corrected chi connectivity index (χ3v) is 4.45. The van der Waals surface area contributed by atoms with Gasteiger partial charge in [-0.15, -0.1) is 0 Å². The number of rotatable bonds is 3. The minimum Gasteiger partial charge on any atom is -0.493 e. The number of aromatic nitrogens is 3. The van der Waals surface area contributed by atoms with Crippen molar-refractivity contribution in [1.29, 1.82) is 0 Å². The monoisotopic (exact) mass is 310 g/mol. The smallest absolute Gasteiger partial charge is 0.246 e. The van der Waals surface area contributed by atoms with Gasteiger partial charge in [-0.3, -0.25) is 9.89 Å². The molecule has 0 saturated carbocycles. The van der Waals surface area contributed by atoms with Crippen molar-refractivity contribution in [2.45, 2.75) is 18.8 Å². The van der Waals surface area contributed by atoms with Crippen LogP contribution in [0.15, 0.2) is 30.6 Å². The van der Waals surface area contributed by atoms with E-state index in [0.717, 1.165) is 43.1 Å². The number of benzene rings is 1. The molecule has 6 nitrogen and oxygen atoms in total. The summed E-state index contributed by atoms with van der Waals surface area (Å²) >= 11 is 0. The first-order chi connectivity index (χ1) is 11.3. The van der Waals surface area contributed by atoms with Crippen molar-refractivity contribution in [3.63, 3.8) is 0 Å². The van der Waals surface area contributed by atoms with Gasteiger partial charge in [0.2, 0.25) is 5.91 Å². The van der Waals surface area contributed by atoms with Crippen molar-refractivity contribution in [2.75, 3.05) is 19.7 Å². The molecule has 1 fully saturated rings. The van der Waals surface area contributed by atoms with E-state index in [1.807, 2.05) is 23.1 Å². The Morgan fingerprint density at radius 1 is 1.43 bits per heavy atom. The van der Waals surface area contributed by atoms with E-state index in [2.05, 4.69) is 21.2 Å². The first kappa shape index (κ1) is 14.0. The number of H-pyrrole nitrogens is 1. The zero-order valence-corrected chi connectivity index (χ0v) is 12.7. The molecule has 6 heteroatoms. The van der Waals surface area contributed by atoms with E-state index < -0.39 is 0 Å². The summed E-state index contributed by atoms with van der Waals surface area (Å²) < 4.78 is 5.49. The topological polar surface area (TPSA) is 71.1 Å². The van der Waals surface area contributed by atoms with Gasteiger partial charge in [-0.2, -0.15) is 5.10 Å². The molecule has 0 aliphatic carbocycles. The molecule has 1 aromatic heterocycles. The highest BCUT2D eigenvalue weighted by Gasteiger charge is 2.27. The van der Waals surface area contributed by atoms with E-state index in [-0.39, 0.29) is 11.8 Å². The largest absolute Gasteiger partial charge is 0.493 e. The fraction of sp³-hybridized carbons (Fsp3) is 0.353. The maximum Gasteiger partial charge on any atom is 0.246 e. The predicted octanol–water partition coefficient (Wildman–Crippen LogP) is 1.77. The van der Waals surface area contributed by atoms with Gasteiger partial charge in [-0.1, -0.05) is 6.07 Å². The van der Waals surface area contributed by atoms with Crippen LogP contribution in [0.1, 0.15) is 29.3 Å². The van der Waals surface area contributed by atoms with E-state index >= 15 is 0 Å². The third-order valence-electron chi connectivity index (χ3n) is 4.45. The fourth-order valence-electron chi connectivity index (χ4n) is 3.18. The average molecular weight is 310 g/mol. The number of likely N-dealkylation sites (tertiary alicyclic amines) is 1. The summed E-state index contributed by atoms with van der Waals surface area (Å²) in [5, 5.41) is 6.77. The van der Waals surface area contributed by atoms with Crippen LogP contribution < -0.4 is 4.74 Å². The Hall–Kier alpha value is -2.63. The maximum atomic E-state index is 12.3. The van der Waals surface area contributed by atoms with E-state index in [0.29, 0.717) is 6.54 Å². The molecule has 3 heterocycles. The second kappa shape index (κ2) is 5.87. The standard InChI is InChI=1S/C17H18N4O2/c22-16(21-7-5-14(10-21)17-18-11-19-20-17)4-2-12-1-3-15-13(9-12)6-8-23-15/h1-4,9,11,14H,5-8,10H2,(H,18,19,20)/b4-2+. The van der Waals surface area contributed by atoms with Crippen LogP contribution >= 0.6 is 0 Å². The number of nitrogens with one attached hydrogen (secondary N) is 1. The first-order valence-electron chi connectivity index (χ1n) is 7.87. The Morgan fingerprint density at radius 2 is 2.39 bits per heavy atom. The first-order valence-corrected chi connectivity index (χ1v) is 7.87. The average Bonchev–Trinajstić information content (AvgIpc) is 3.32. The SMILES string of the molecule is O=C(/C=C/c1ccc2c(c1)CCO2)N1CCC(c2ncn[nH]2)C1. The van der Waals surface area contributed by atoms with Crippen molar-refractivity contribution >= 4 is 12.0 Å². The van der Waals surface area contributed by atoms with Gasteiger partial charge in [-0.25, -0.2) is 4.98 Å². The van der Waals surface area contributed by atoms with Crippen LogP contribution in [-0.4, -0.2) is 45.7 Å². The van der Waals surface area contributed by atoms with E-state index in [9.17, 15) is 4.79 Å². The molecule has 4 rings (SSSR count). The van der Waals surface area contributed by atoms with Crippen molar-refractivity contribution in [3.05, 3.63) is 47.6 Å². The van der Waals surface area contributed by atoms with Crippen LogP contribution in [0.3, 0.4) is 0 Å². The number of carbonyl (C=O) groups is 1. The lowest BCUT2D eigenvalue weighted by atomic mass is 10.1. The molecule has 1 N–H and O–H groups in total. The summed E-state index contributed by atoms with van der Waals surface area (Å²) in [6.07, 6.45) is 6.90. The van der Waals surface area contributed by atoms with Gasteiger partial charge in [0.1, 0.15) is 17.9 Å². The maximum absolute atomic E-state index is 12.3. The molecule has 0 spiro atoms. The van der Waals surface area contributed by atoms with E-state index in [1.165, 1.54) is 11.9 Å². The van der Waals surface area contributed by atoms with Gasteiger partial charge in [0.15, 0.2) is 0 Å². The molecule has 1 atom stereocenters. The number of aromatic amines is 1. The molecule has 118 valence electrons. The Balaban J connectivity index is 1.40.